The first-order chi connectivity index (χ1) is 8.90. The SMILES string of the molecule is Cc1ccc(C(=O)Cc2c(Br)c(C)nn2C)cc1Br. The topological polar surface area (TPSA) is 34.9 Å². The van der Waals surface area contributed by atoms with E-state index in [9.17, 15) is 4.79 Å². The van der Waals surface area contributed by atoms with Gasteiger partial charge < -0.3 is 0 Å². The molecule has 5 heteroatoms. The van der Waals surface area contributed by atoms with Crippen molar-refractivity contribution in [3.05, 3.63) is 49.7 Å². The van der Waals surface area contributed by atoms with Crippen LogP contribution in [0, 0.1) is 13.8 Å². The van der Waals surface area contributed by atoms with E-state index in [0.29, 0.717) is 12.0 Å². The Hall–Kier alpha value is -0.940. The number of nitrogens with zero attached hydrogens (tertiary/aromatic N) is 2. The van der Waals surface area contributed by atoms with E-state index in [1.54, 1.807) is 4.68 Å². The predicted molar refractivity (Wildman–Crippen MR) is 82.6 cm³/mol. The summed E-state index contributed by atoms with van der Waals surface area (Å²) in [4.78, 5) is 12.3. The number of benzene rings is 1. The first-order valence-electron chi connectivity index (χ1n) is 5.87. The van der Waals surface area contributed by atoms with Crippen molar-refractivity contribution in [1.29, 1.82) is 0 Å². The molecule has 0 N–H and O–H groups in total. The van der Waals surface area contributed by atoms with Gasteiger partial charge in [0.15, 0.2) is 5.78 Å². The van der Waals surface area contributed by atoms with Gasteiger partial charge in [-0.05, 0) is 41.4 Å². The lowest BCUT2D eigenvalue weighted by molar-refractivity contribution is 0.0990. The molecule has 1 heterocycles. The summed E-state index contributed by atoms with van der Waals surface area (Å²) in [5, 5.41) is 4.30. The van der Waals surface area contributed by atoms with Gasteiger partial charge in [-0.1, -0.05) is 28.1 Å². The summed E-state index contributed by atoms with van der Waals surface area (Å²) in [6.07, 6.45) is 0.341. The van der Waals surface area contributed by atoms with E-state index in [-0.39, 0.29) is 5.78 Å². The third kappa shape index (κ3) is 2.98. The number of Topliss-reactive ketones (excluding diaryl/α,β-unsaturated/α-hetero) is 1. The van der Waals surface area contributed by atoms with Crippen LogP contribution in [0.4, 0.5) is 0 Å². The lowest BCUT2D eigenvalue weighted by Gasteiger charge is -2.05. The number of halogens is 2. The number of hydrogen-bond donors (Lipinski definition) is 0. The number of aromatic nitrogens is 2. The van der Waals surface area contributed by atoms with Crippen molar-refractivity contribution < 1.29 is 4.79 Å². The largest absolute Gasteiger partial charge is 0.294 e. The fourth-order valence-corrected chi connectivity index (χ4v) is 2.75. The van der Waals surface area contributed by atoms with Crippen LogP contribution in [-0.2, 0) is 13.5 Å². The molecule has 0 saturated heterocycles. The van der Waals surface area contributed by atoms with Gasteiger partial charge in [0.1, 0.15) is 0 Å². The highest BCUT2D eigenvalue weighted by Gasteiger charge is 2.16. The molecule has 0 aliphatic carbocycles. The summed E-state index contributed by atoms with van der Waals surface area (Å²) in [5.74, 6) is 0.0874. The molecule has 2 rings (SSSR count). The Kier molecular flexibility index (Phi) is 4.26. The maximum Gasteiger partial charge on any atom is 0.168 e. The number of hydrogen-bond acceptors (Lipinski definition) is 2. The third-order valence-electron chi connectivity index (χ3n) is 3.08. The van der Waals surface area contributed by atoms with Crippen LogP contribution in [0.5, 0.6) is 0 Å². The maximum absolute atomic E-state index is 12.3. The van der Waals surface area contributed by atoms with Gasteiger partial charge >= 0.3 is 0 Å². The van der Waals surface area contributed by atoms with Crippen LogP contribution in [0.15, 0.2) is 27.1 Å². The predicted octanol–water partition coefficient (Wildman–Crippen LogP) is 3.99. The van der Waals surface area contributed by atoms with Crippen molar-refractivity contribution in [2.75, 3.05) is 0 Å². The van der Waals surface area contributed by atoms with Crippen molar-refractivity contribution >= 4 is 37.6 Å². The van der Waals surface area contributed by atoms with Gasteiger partial charge in [0, 0.05) is 17.1 Å². The second kappa shape index (κ2) is 5.59. The molecule has 0 radical (unpaired) electrons. The van der Waals surface area contributed by atoms with Gasteiger partial charge in [-0.25, -0.2) is 0 Å². The molecule has 0 bridgehead atoms. The normalized spacial score (nSPS) is 10.8. The van der Waals surface area contributed by atoms with Crippen LogP contribution in [0.25, 0.3) is 0 Å². The zero-order valence-corrected chi connectivity index (χ0v) is 14.2. The summed E-state index contributed by atoms with van der Waals surface area (Å²) in [7, 11) is 1.85. The lowest BCUT2D eigenvalue weighted by atomic mass is 10.0. The van der Waals surface area contributed by atoms with Gasteiger partial charge in [0.05, 0.1) is 22.3 Å². The summed E-state index contributed by atoms with van der Waals surface area (Å²) in [5.41, 5.74) is 3.63. The van der Waals surface area contributed by atoms with Gasteiger partial charge in [-0.15, -0.1) is 0 Å². The van der Waals surface area contributed by atoms with E-state index >= 15 is 0 Å². The summed E-state index contributed by atoms with van der Waals surface area (Å²) < 4.78 is 3.62. The maximum atomic E-state index is 12.3. The highest BCUT2D eigenvalue weighted by Crippen LogP contribution is 2.23. The second-order valence-corrected chi connectivity index (χ2v) is 6.18. The number of ketones is 1. The fraction of sp³-hybridized carbons (Fsp3) is 0.286. The standard InChI is InChI=1S/C14H14Br2N2O/c1-8-4-5-10(6-11(8)15)13(19)7-12-14(16)9(2)17-18(12)3/h4-6H,7H2,1-3H3. The number of carbonyl (C=O) groups excluding carboxylic acids is 1. The highest BCUT2D eigenvalue weighted by molar-refractivity contribution is 9.10. The molecule has 19 heavy (non-hydrogen) atoms. The second-order valence-electron chi connectivity index (χ2n) is 4.53. The fourth-order valence-electron chi connectivity index (χ4n) is 1.89. The van der Waals surface area contributed by atoms with Gasteiger partial charge in [-0.2, -0.15) is 5.10 Å². The molecule has 0 spiro atoms. The molecule has 2 aromatic rings. The summed E-state index contributed by atoms with van der Waals surface area (Å²) in [6.45, 7) is 3.92. The Labute approximate surface area is 129 Å². The Bertz CT molecular complexity index is 647. The monoisotopic (exact) mass is 384 g/mol. The lowest BCUT2D eigenvalue weighted by Crippen LogP contribution is -2.08. The third-order valence-corrected chi connectivity index (χ3v) is 4.97. The van der Waals surface area contributed by atoms with Crippen molar-refractivity contribution in [1.82, 2.24) is 9.78 Å². The molecule has 100 valence electrons. The van der Waals surface area contributed by atoms with E-state index in [1.807, 2.05) is 39.1 Å². The van der Waals surface area contributed by atoms with E-state index in [2.05, 4.69) is 37.0 Å². The van der Waals surface area contributed by atoms with Crippen LogP contribution in [0.3, 0.4) is 0 Å². The smallest absolute Gasteiger partial charge is 0.168 e. The molecule has 0 atom stereocenters. The van der Waals surface area contributed by atoms with Crippen LogP contribution in [0.2, 0.25) is 0 Å². The first kappa shape index (κ1) is 14.5. The molecule has 1 aromatic heterocycles. The molecular weight excluding hydrogens is 372 g/mol. The minimum atomic E-state index is 0.0874. The average molecular weight is 386 g/mol. The molecule has 3 nitrogen and oxygen atoms in total. The Balaban J connectivity index is 2.28. The van der Waals surface area contributed by atoms with Crippen LogP contribution < -0.4 is 0 Å². The minimum absolute atomic E-state index is 0.0874. The van der Waals surface area contributed by atoms with E-state index < -0.39 is 0 Å². The van der Waals surface area contributed by atoms with Crippen molar-refractivity contribution in [2.24, 2.45) is 7.05 Å². The van der Waals surface area contributed by atoms with Crippen molar-refractivity contribution in [3.8, 4) is 0 Å². The molecule has 0 aliphatic rings. The van der Waals surface area contributed by atoms with Crippen LogP contribution in [0.1, 0.15) is 27.3 Å². The van der Waals surface area contributed by atoms with Gasteiger partial charge in [0.2, 0.25) is 0 Å². The molecule has 0 fully saturated rings. The number of carbonyl (C=O) groups is 1. The quantitative estimate of drug-likeness (QED) is 0.748. The number of aryl methyl sites for hydroxylation is 3. The molecule has 0 saturated carbocycles. The molecule has 1 aromatic carbocycles. The molecule has 0 unspecified atom stereocenters. The summed E-state index contributed by atoms with van der Waals surface area (Å²) >= 11 is 6.94. The molecular formula is C14H14Br2N2O. The zero-order chi connectivity index (χ0) is 14.2. The Morgan fingerprint density at radius 3 is 2.53 bits per heavy atom. The van der Waals surface area contributed by atoms with E-state index in [1.165, 1.54) is 0 Å². The molecule has 0 amide bonds. The van der Waals surface area contributed by atoms with Crippen molar-refractivity contribution in [2.45, 2.75) is 20.3 Å². The average Bonchev–Trinajstić information content (AvgIpc) is 2.59. The van der Waals surface area contributed by atoms with Crippen LogP contribution in [-0.4, -0.2) is 15.6 Å². The summed E-state index contributed by atoms with van der Waals surface area (Å²) in [6, 6.07) is 5.68. The van der Waals surface area contributed by atoms with Crippen LogP contribution >= 0.6 is 31.9 Å². The van der Waals surface area contributed by atoms with Crippen molar-refractivity contribution in [3.63, 3.8) is 0 Å². The Morgan fingerprint density at radius 2 is 2.00 bits per heavy atom. The number of rotatable bonds is 3. The first-order valence-corrected chi connectivity index (χ1v) is 7.46. The van der Waals surface area contributed by atoms with E-state index in [0.717, 1.165) is 25.9 Å². The molecule has 0 aliphatic heterocycles. The van der Waals surface area contributed by atoms with Gasteiger partial charge in [-0.3, -0.25) is 9.48 Å². The zero-order valence-electron chi connectivity index (χ0n) is 11.0. The highest BCUT2D eigenvalue weighted by atomic mass is 79.9. The van der Waals surface area contributed by atoms with Gasteiger partial charge in [0.25, 0.3) is 0 Å². The van der Waals surface area contributed by atoms with E-state index in [4.69, 9.17) is 0 Å². The Morgan fingerprint density at radius 1 is 1.32 bits per heavy atom. The minimum Gasteiger partial charge on any atom is -0.294 e.